The van der Waals surface area contributed by atoms with Gasteiger partial charge in [-0.05, 0) is 68.1 Å². The normalized spacial score (nSPS) is 19.3. The molecule has 0 aliphatic heterocycles. The standard InChI is InChI=1S/C29H43NO5/c1-19(2)25-24(30-26(35-25)22-11-13-23(14-12-22)28(3,4)5)18-33-16-20-9-8-10-21(15-20)17-34-29(6,7)27(31)32/h11-14,19-21H,8-10,15-18H2,1-7H3,(H,31,32)/t20-,21?/m0/s1. The first-order valence-electron chi connectivity index (χ1n) is 12.9. The number of nitrogens with zero attached hydrogens (tertiary/aromatic N) is 1. The van der Waals surface area contributed by atoms with E-state index < -0.39 is 11.6 Å². The van der Waals surface area contributed by atoms with E-state index in [9.17, 15) is 9.90 Å². The minimum absolute atomic E-state index is 0.105. The van der Waals surface area contributed by atoms with E-state index in [0.717, 1.165) is 42.7 Å². The molecule has 1 aliphatic carbocycles. The summed E-state index contributed by atoms with van der Waals surface area (Å²) in [7, 11) is 0. The van der Waals surface area contributed by atoms with Crippen molar-refractivity contribution in [1.29, 1.82) is 0 Å². The van der Waals surface area contributed by atoms with Crippen molar-refractivity contribution >= 4 is 5.97 Å². The van der Waals surface area contributed by atoms with Gasteiger partial charge in [0.2, 0.25) is 5.89 Å². The second kappa shape index (κ2) is 11.3. The molecule has 0 bridgehead atoms. The molecule has 2 atom stereocenters. The average Bonchev–Trinajstić information content (AvgIpc) is 3.22. The van der Waals surface area contributed by atoms with Crippen LogP contribution in [0.15, 0.2) is 28.7 Å². The lowest BCUT2D eigenvalue weighted by Crippen LogP contribution is -2.37. The highest BCUT2D eigenvalue weighted by Gasteiger charge is 2.31. The molecular formula is C29H43NO5. The van der Waals surface area contributed by atoms with Gasteiger partial charge in [0, 0.05) is 18.1 Å². The lowest BCUT2D eigenvalue weighted by molar-refractivity contribution is -0.163. The summed E-state index contributed by atoms with van der Waals surface area (Å²) < 4.78 is 18.0. The largest absolute Gasteiger partial charge is 0.479 e. The minimum Gasteiger partial charge on any atom is -0.479 e. The third kappa shape index (κ3) is 7.40. The van der Waals surface area contributed by atoms with E-state index in [2.05, 4.69) is 58.9 Å². The van der Waals surface area contributed by atoms with E-state index in [1.165, 1.54) is 5.56 Å². The maximum Gasteiger partial charge on any atom is 0.335 e. The number of benzene rings is 1. The van der Waals surface area contributed by atoms with Crippen LogP contribution in [0.1, 0.15) is 97.1 Å². The minimum atomic E-state index is -1.14. The molecule has 1 heterocycles. The molecular weight excluding hydrogens is 442 g/mol. The Morgan fingerprint density at radius 2 is 1.71 bits per heavy atom. The maximum atomic E-state index is 11.3. The van der Waals surface area contributed by atoms with Gasteiger partial charge in [-0.3, -0.25) is 0 Å². The van der Waals surface area contributed by atoms with Crippen LogP contribution in [0.3, 0.4) is 0 Å². The number of rotatable bonds is 10. The summed E-state index contributed by atoms with van der Waals surface area (Å²) in [6, 6.07) is 8.45. The van der Waals surface area contributed by atoms with Gasteiger partial charge >= 0.3 is 5.97 Å². The Kier molecular flexibility index (Phi) is 8.81. The highest BCUT2D eigenvalue weighted by atomic mass is 16.5. The lowest BCUT2D eigenvalue weighted by atomic mass is 9.82. The fraction of sp³-hybridized carbons (Fsp3) is 0.655. The number of oxazole rings is 1. The highest BCUT2D eigenvalue weighted by Crippen LogP contribution is 2.32. The van der Waals surface area contributed by atoms with Crippen molar-refractivity contribution in [2.45, 2.75) is 97.7 Å². The van der Waals surface area contributed by atoms with Gasteiger partial charge in [0.15, 0.2) is 5.60 Å². The summed E-state index contributed by atoms with van der Waals surface area (Å²) in [5, 5.41) is 9.27. The molecule has 0 radical (unpaired) electrons. The van der Waals surface area contributed by atoms with Crippen LogP contribution in [0, 0.1) is 11.8 Å². The number of aromatic nitrogens is 1. The van der Waals surface area contributed by atoms with Crippen LogP contribution in [-0.4, -0.2) is 34.9 Å². The summed E-state index contributed by atoms with van der Waals surface area (Å²) in [5.41, 5.74) is 2.09. The number of ether oxygens (including phenoxy) is 2. The fourth-order valence-electron chi connectivity index (χ4n) is 4.57. The van der Waals surface area contributed by atoms with E-state index in [0.29, 0.717) is 37.5 Å². The first-order chi connectivity index (χ1) is 16.4. The van der Waals surface area contributed by atoms with Crippen LogP contribution >= 0.6 is 0 Å². The van der Waals surface area contributed by atoms with Crippen LogP contribution in [0.4, 0.5) is 0 Å². The lowest BCUT2D eigenvalue weighted by Gasteiger charge is -2.31. The monoisotopic (exact) mass is 485 g/mol. The molecule has 6 heteroatoms. The summed E-state index contributed by atoms with van der Waals surface area (Å²) in [6.07, 6.45) is 4.31. The van der Waals surface area contributed by atoms with Gasteiger partial charge in [-0.2, -0.15) is 0 Å². The molecule has 1 N–H and O–H groups in total. The van der Waals surface area contributed by atoms with Crippen molar-refractivity contribution in [2.24, 2.45) is 11.8 Å². The van der Waals surface area contributed by atoms with Crippen molar-refractivity contribution in [1.82, 2.24) is 4.98 Å². The third-order valence-corrected chi connectivity index (χ3v) is 6.93. The van der Waals surface area contributed by atoms with Crippen molar-refractivity contribution in [3.63, 3.8) is 0 Å². The Morgan fingerprint density at radius 1 is 1.09 bits per heavy atom. The van der Waals surface area contributed by atoms with Crippen molar-refractivity contribution in [2.75, 3.05) is 13.2 Å². The zero-order valence-corrected chi connectivity index (χ0v) is 22.5. The van der Waals surface area contributed by atoms with Crippen molar-refractivity contribution in [3.05, 3.63) is 41.3 Å². The van der Waals surface area contributed by atoms with E-state index in [4.69, 9.17) is 18.9 Å². The van der Waals surface area contributed by atoms with Crippen molar-refractivity contribution in [3.8, 4) is 11.5 Å². The molecule has 194 valence electrons. The molecule has 1 aromatic carbocycles. The first-order valence-corrected chi connectivity index (χ1v) is 12.9. The SMILES string of the molecule is CC(C)c1oc(-c2ccc(C(C)(C)C)cc2)nc1COC[C@H]1CCCC(COC(C)(C)C(=O)O)C1. The average molecular weight is 486 g/mol. The second-order valence-corrected chi connectivity index (χ2v) is 11.9. The molecule has 35 heavy (non-hydrogen) atoms. The molecule has 0 amide bonds. The molecule has 1 aromatic heterocycles. The summed E-state index contributed by atoms with van der Waals surface area (Å²) in [5.74, 6) is 1.64. The molecule has 2 aromatic rings. The van der Waals surface area contributed by atoms with Crippen LogP contribution in [-0.2, 0) is 26.3 Å². The smallest absolute Gasteiger partial charge is 0.335 e. The number of hydrogen-bond donors (Lipinski definition) is 1. The fourth-order valence-corrected chi connectivity index (χ4v) is 4.57. The van der Waals surface area contributed by atoms with Crippen molar-refractivity contribution < 1.29 is 23.8 Å². The van der Waals surface area contributed by atoms with Gasteiger partial charge in [0.05, 0.1) is 13.2 Å². The Balaban J connectivity index is 1.57. The molecule has 3 rings (SSSR count). The topological polar surface area (TPSA) is 81.8 Å². The Morgan fingerprint density at radius 3 is 2.29 bits per heavy atom. The third-order valence-electron chi connectivity index (χ3n) is 6.93. The predicted octanol–water partition coefficient (Wildman–Crippen LogP) is 6.97. The first kappa shape index (κ1) is 27.4. The molecule has 1 saturated carbocycles. The molecule has 1 aliphatic rings. The highest BCUT2D eigenvalue weighted by molar-refractivity contribution is 5.76. The molecule has 6 nitrogen and oxygen atoms in total. The van der Waals surface area contributed by atoms with Gasteiger partial charge in [-0.1, -0.05) is 53.2 Å². The van der Waals surface area contributed by atoms with Gasteiger partial charge < -0.3 is 19.0 Å². The van der Waals surface area contributed by atoms with Crippen LogP contribution in [0.2, 0.25) is 0 Å². The van der Waals surface area contributed by atoms with Gasteiger partial charge in [0.25, 0.3) is 0 Å². The molecule has 1 fully saturated rings. The Hall–Kier alpha value is -2.18. The number of carboxylic acids is 1. The summed E-state index contributed by atoms with van der Waals surface area (Å²) in [4.78, 5) is 16.1. The Labute approximate surface area is 210 Å². The molecule has 0 saturated heterocycles. The van der Waals surface area contributed by atoms with Gasteiger partial charge in [-0.25, -0.2) is 9.78 Å². The predicted molar refractivity (Wildman–Crippen MR) is 137 cm³/mol. The molecule has 1 unspecified atom stereocenters. The van der Waals surface area contributed by atoms with Crippen LogP contribution < -0.4 is 0 Å². The summed E-state index contributed by atoms with van der Waals surface area (Å²) >= 11 is 0. The quantitative estimate of drug-likeness (QED) is 0.391. The van der Waals surface area contributed by atoms with Gasteiger partial charge in [-0.15, -0.1) is 0 Å². The van der Waals surface area contributed by atoms with Gasteiger partial charge in [0.1, 0.15) is 11.5 Å². The number of aliphatic carboxylic acids is 1. The van der Waals surface area contributed by atoms with E-state index in [1.54, 1.807) is 13.8 Å². The number of carbonyl (C=O) groups is 1. The van der Waals surface area contributed by atoms with E-state index in [-0.39, 0.29) is 11.3 Å². The number of hydrogen-bond acceptors (Lipinski definition) is 5. The van der Waals surface area contributed by atoms with E-state index in [1.807, 2.05) is 0 Å². The second-order valence-electron chi connectivity index (χ2n) is 11.9. The summed E-state index contributed by atoms with van der Waals surface area (Å²) in [6.45, 7) is 15.6. The maximum absolute atomic E-state index is 11.3. The van der Waals surface area contributed by atoms with Crippen LogP contribution in [0.25, 0.3) is 11.5 Å². The zero-order valence-electron chi connectivity index (χ0n) is 22.5. The number of carboxylic acid groups (broad SMARTS) is 1. The molecule has 0 spiro atoms. The Bertz CT molecular complexity index is 968. The van der Waals surface area contributed by atoms with Crippen LogP contribution in [0.5, 0.6) is 0 Å². The van der Waals surface area contributed by atoms with E-state index >= 15 is 0 Å². The zero-order chi connectivity index (χ0) is 25.8.